The summed E-state index contributed by atoms with van der Waals surface area (Å²) in [6.45, 7) is 2.11. The molecule has 1 atom stereocenters. The van der Waals surface area contributed by atoms with Gasteiger partial charge in [0.15, 0.2) is 5.82 Å². The normalized spacial score (nSPS) is 15.1. The molecule has 0 spiro atoms. The number of fused-ring (bicyclic) bond motifs is 1. The summed E-state index contributed by atoms with van der Waals surface area (Å²) in [5.74, 6) is -0.660. The molecule has 2 aromatic carbocycles. The molecule has 37 heavy (non-hydrogen) atoms. The van der Waals surface area contributed by atoms with E-state index < -0.39 is 28.1 Å². The van der Waals surface area contributed by atoms with Crippen molar-refractivity contribution < 1.29 is 27.1 Å². The smallest absolute Gasteiger partial charge is 0.340 e. The van der Waals surface area contributed by atoms with Gasteiger partial charge < -0.3 is 14.3 Å². The number of likely N-dealkylation sites (tertiary alicyclic amines) is 1. The van der Waals surface area contributed by atoms with Crippen molar-refractivity contribution in [3.05, 3.63) is 68.3 Å². The van der Waals surface area contributed by atoms with Crippen LogP contribution in [-0.4, -0.2) is 64.0 Å². The number of hydrogen-bond acceptors (Lipinski definition) is 8. The number of aliphatic hydroxyl groups is 1. The average Bonchev–Trinajstić information content (AvgIpc) is 2.81. The van der Waals surface area contributed by atoms with Crippen LogP contribution in [-0.2, 0) is 23.2 Å². The van der Waals surface area contributed by atoms with E-state index in [-0.39, 0.29) is 39.6 Å². The first-order valence-corrected chi connectivity index (χ1v) is 13.4. The van der Waals surface area contributed by atoms with Crippen LogP contribution in [0.5, 0.6) is 5.75 Å². The van der Waals surface area contributed by atoms with Crippen molar-refractivity contribution in [3.63, 3.8) is 0 Å². The Morgan fingerprint density at radius 2 is 2.00 bits per heavy atom. The molecule has 2 heterocycles. The fourth-order valence-corrected chi connectivity index (χ4v) is 4.67. The zero-order valence-electron chi connectivity index (χ0n) is 20.5. The largest absolute Gasteiger partial charge is 0.450 e. The van der Waals surface area contributed by atoms with E-state index in [1.54, 1.807) is 20.2 Å². The van der Waals surface area contributed by atoms with E-state index >= 15 is 4.39 Å². The number of rotatable bonds is 10. The number of hydrogen-bond donors (Lipinski definition) is 3. The summed E-state index contributed by atoms with van der Waals surface area (Å²) in [5, 5.41) is 10.8. The minimum atomic E-state index is -3.94. The second-order valence-corrected chi connectivity index (χ2v) is 11.0. The molecule has 1 fully saturated rings. The molecular weight excluding hydrogens is 527 g/mol. The van der Waals surface area contributed by atoms with Gasteiger partial charge in [-0.05, 0) is 56.9 Å². The summed E-state index contributed by atoms with van der Waals surface area (Å²) in [7, 11) is 0.505. The van der Waals surface area contributed by atoms with Crippen molar-refractivity contribution in [3.8, 4) is 5.75 Å². The van der Waals surface area contributed by atoms with Crippen LogP contribution in [0.15, 0.2) is 39.5 Å². The highest BCUT2D eigenvalue weighted by molar-refractivity contribution is 7.90. The lowest BCUT2D eigenvalue weighted by atomic mass is 9.96. The number of ether oxygens (including phenoxy) is 1. The van der Waals surface area contributed by atoms with E-state index in [9.17, 15) is 18.3 Å². The van der Waals surface area contributed by atoms with Crippen LogP contribution in [0.1, 0.15) is 23.1 Å². The Balaban J connectivity index is 1.80. The van der Waals surface area contributed by atoms with Crippen LogP contribution in [0.3, 0.4) is 0 Å². The van der Waals surface area contributed by atoms with Crippen molar-refractivity contribution in [1.29, 1.82) is 0 Å². The second kappa shape index (κ2) is 10.9. The van der Waals surface area contributed by atoms with E-state index in [2.05, 4.69) is 14.3 Å². The number of halogens is 2. The molecule has 3 aromatic rings. The van der Waals surface area contributed by atoms with Gasteiger partial charge >= 0.3 is 5.63 Å². The van der Waals surface area contributed by atoms with Crippen LogP contribution in [0, 0.1) is 5.82 Å². The van der Waals surface area contributed by atoms with Gasteiger partial charge in [-0.1, -0.05) is 23.7 Å². The molecule has 1 aromatic heterocycles. The van der Waals surface area contributed by atoms with Gasteiger partial charge in [0.05, 0.1) is 10.7 Å². The summed E-state index contributed by atoms with van der Waals surface area (Å²) in [4.78, 5) is 16.7. The summed E-state index contributed by atoms with van der Waals surface area (Å²) in [5.41, 5.74) is 0.299. The van der Waals surface area contributed by atoms with Crippen LogP contribution >= 0.6 is 11.6 Å². The van der Waals surface area contributed by atoms with Crippen LogP contribution in [0.25, 0.3) is 11.0 Å². The minimum Gasteiger partial charge on any atom is -0.450 e. The van der Waals surface area contributed by atoms with E-state index in [1.165, 1.54) is 36.2 Å². The molecule has 200 valence electrons. The molecule has 4 rings (SSSR count). The van der Waals surface area contributed by atoms with Gasteiger partial charge in [-0.25, -0.2) is 13.9 Å². The highest BCUT2D eigenvalue weighted by atomic mass is 35.5. The summed E-state index contributed by atoms with van der Waals surface area (Å²) in [6, 6.07) is 7.32. The lowest BCUT2D eigenvalue weighted by Crippen LogP contribution is -2.37. The monoisotopic (exact) mass is 554 g/mol. The molecule has 0 amide bonds. The summed E-state index contributed by atoms with van der Waals surface area (Å²) < 4.78 is 54.3. The minimum absolute atomic E-state index is 0.118. The van der Waals surface area contributed by atoms with Gasteiger partial charge in [0.1, 0.15) is 11.3 Å². The number of nitrogens with zero attached hydrogens (tertiary/aromatic N) is 2. The zero-order valence-corrected chi connectivity index (χ0v) is 22.1. The zero-order chi connectivity index (χ0) is 26.9. The Kier molecular flexibility index (Phi) is 8.07. The van der Waals surface area contributed by atoms with Gasteiger partial charge in [0.25, 0.3) is 16.6 Å². The SMILES string of the molecule is CNS(=O)(=O)Nc1cccc(Cc2c(CN3CCC3)c3cc(Cl)c(OC(O)N(C)C)cc3oc2=O)c1F. The molecule has 0 bridgehead atoms. The average molecular weight is 555 g/mol. The maximum atomic E-state index is 15.3. The van der Waals surface area contributed by atoms with Crippen LogP contribution < -0.4 is 19.8 Å². The predicted molar refractivity (Wildman–Crippen MR) is 139 cm³/mol. The first kappa shape index (κ1) is 27.3. The van der Waals surface area contributed by atoms with Gasteiger partial charge in [-0.2, -0.15) is 8.42 Å². The third-order valence-electron chi connectivity index (χ3n) is 6.14. The van der Waals surface area contributed by atoms with E-state index in [1.807, 2.05) is 0 Å². The maximum absolute atomic E-state index is 15.3. The van der Waals surface area contributed by atoms with E-state index in [4.69, 9.17) is 20.8 Å². The molecule has 3 N–H and O–H groups in total. The molecule has 0 radical (unpaired) electrons. The van der Waals surface area contributed by atoms with Crippen molar-refractivity contribution in [2.75, 3.05) is 39.0 Å². The third-order valence-corrected chi connectivity index (χ3v) is 7.46. The quantitative estimate of drug-likeness (QED) is 0.258. The molecule has 10 nitrogen and oxygen atoms in total. The number of nitrogens with one attached hydrogen (secondary N) is 2. The Labute approximate surface area is 218 Å². The van der Waals surface area contributed by atoms with Crippen molar-refractivity contribution in [2.45, 2.75) is 25.8 Å². The second-order valence-electron chi connectivity index (χ2n) is 8.93. The topological polar surface area (TPSA) is 124 Å². The number of benzene rings is 2. The number of aliphatic hydroxyl groups excluding tert-OH is 1. The lowest BCUT2D eigenvalue weighted by molar-refractivity contribution is -0.114. The fourth-order valence-electron chi connectivity index (χ4n) is 3.92. The Hall–Kier alpha value is -2.74. The standard InChI is InChI=1S/C24H28ClFN4O6S/c1-27-37(33,34)28-19-7-4-6-14(22(19)26)10-16-17(13-30-8-5-9-30)15-11-18(25)21(36-24(32)29(2)3)12-20(15)35-23(16)31/h4,6-7,11-12,24,27-28,32H,5,8-10,13H2,1-3H3. The molecule has 1 aliphatic heterocycles. The van der Waals surface area contributed by atoms with Gasteiger partial charge in [0.2, 0.25) is 0 Å². The van der Waals surface area contributed by atoms with Crippen molar-refractivity contribution in [2.24, 2.45) is 0 Å². The van der Waals surface area contributed by atoms with Crippen molar-refractivity contribution in [1.82, 2.24) is 14.5 Å². The Bertz CT molecular complexity index is 1480. The van der Waals surface area contributed by atoms with Gasteiger partial charge in [-0.3, -0.25) is 14.5 Å². The fraction of sp³-hybridized carbons (Fsp3) is 0.375. The lowest BCUT2D eigenvalue weighted by Gasteiger charge is -2.31. The Morgan fingerprint density at radius 1 is 1.27 bits per heavy atom. The van der Waals surface area contributed by atoms with E-state index in [0.717, 1.165) is 19.5 Å². The van der Waals surface area contributed by atoms with E-state index in [0.29, 0.717) is 17.5 Å². The van der Waals surface area contributed by atoms with Gasteiger partial charge in [0, 0.05) is 37.0 Å². The predicted octanol–water partition coefficient (Wildman–Crippen LogP) is 2.47. The maximum Gasteiger partial charge on any atom is 0.340 e. The first-order valence-electron chi connectivity index (χ1n) is 11.5. The van der Waals surface area contributed by atoms with Crippen LogP contribution in [0.4, 0.5) is 10.1 Å². The highest BCUT2D eigenvalue weighted by Gasteiger charge is 2.24. The molecular formula is C24H28ClFN4O6S. The molecule has 0 saturated carbocycles. The summed E-state index contributed by atoms with van der Waals surface area (Å²) in [6.07, 6.45) is -0.368. The van der Waals surface area contributed by atoms with Gasteiger partial charge in [-0.15, -0.1) is 0 Å². The Morgan fingerprint density at radius 3 is 2.62 bits per heavy atom. The molecule has 1 saturated heterocycles. The summed E-state index contributed by atoms with van der Waals surface area (Å²) >= 11 is 6.46. The third kappa shape index (κ3) is 6.06. The van der Waals surface area contributed by atoms with Crippen molar-refractivity contribution >= 4 is 38.5 Å². The molecule has 1 aliphatic rings. The molecule has 0 aliphatic carbocycles. The highest BCUT2D eigenvalue weighted by Crippen LogP contribution is 2.34. The molecule has 1 unspecified atom stereocenters. The number of anilines is 1. The molecule has 13 heteroatoms. The first-order chi connectivity index (χ1) is 17.5. The van der Waals surface area contributed by atoms with Crippen LogP contribution in [0.2, 0.25) is 5.02 Å².